The van der Waals surface area contributed by atoms with E-state index in [1.165, 1.54) is 0 Å². The Labute approximate surface area is 158 Å². The molecule has 2 aliphatic rings. The van der Waals surface area contributed by atoms with Crippen LogP contribution in [0.25, 0.3) is 0 Å². The number of rotatable bonds is 4. The lowest BCUT2D eigenvalue weighted by molar-refractivity contribution is 0.0729. The van der Waals surface area contributed by atoms with Crippen LogP contribution in [0.4, 0.5) is 0 Å². The Kier molecular flexibility index (Phi) is 4.94. The van der Waals surface area contributed by atoms with Crippen molar-refractivity contribution < 1.29 is 14.3 Å². The molecular formula is C20H24N4O3. The second-order valence-corrected chi connectivity index (χ2v) is 6.87. The van der Waals surface area contributed by atoms with Crippen LogP contribution in [0.3, 0.4) is 0 Å². The summed E-state index contributed by atoms with van der Waals surface area (Å²) in [6, 6.07) is 5.62. The fraction of sp³-hybridized carbons (Fsp3) is 0.450. The minimum absolute atomic E-state index is 0.0714. The fourth-order valence-electron chi connectivity index (χ4n) is 3.80. The summed E-state index contributed by atoms with van der Waals surface area (Å²) in [7, 11) is 3.12. The third-order valence-corrected chi connectivity index (χ3v) is 5.25. The number of amides is 1. The first kappa shape index (κ1) is 17.7. The Morgan fingerprint density at radius 1 is 1.30 bits per heavy atom. The van der Waals surface area contributed by atoms with Crippen molar-refractivity contribution in [2.24, 2.45) is 0 Å². The molecule has 7 heteroatoms. The third-order valence-electron chi connectivity index (χ3n) is 5.25. The molecule has 0 bridgehead atoms. The summed E-state index contributed by atoms with van der Waals surface area (Å²) in [6.07, 6.45) is 4.85. The number of benzene rings is 1. The molecule has 0 aliphatic carbocycles. The fourth-order valence-corrected chi connectivity index (χ4v) is 3.80. The number of nitrogens with zero attached hydrogens (tertiary/aromatic N) is 3. The number of fused-ring (bicyclic) bond motifs is 1. The zero-order chi connectivity index (χ0) is 18.8. The number of carbonyl (C=O) groups is 1. The summed E-state index contributed by atoms with van der Waals surface area (Å²) in [4.78, 5) is 24.2. The van der Waals surface area contributed by atoms with Crippen molar-refractivity contribution in [3.8, 4) is 11.5 Å². The first-order chi connectivity index (χ1) is 13.2. The number of para-hydroxylation sites is 1. The maximum atomic E-state index is 13.1. The average Bonchev–Trinajstić information content (AvgIpc) is 3.26. The highest BCUT2D eigenvalue weighted by Crippen LogP contribution is 2.32. The van der Waals surface area contributed by atoms with E-state index >= 15 is 0 Å². The van der Waals surface area contributed by atoms with Gasteiger partial charge in [-0.2, -0.15) is 0 Å². The van der Waals surface area contributed by atoms with Crippen LogP contribution in [0.2, 0.25) is 0 Å². The normalized spacial score (nSPS) is 18.9. The van der Waals surface area contributed by atoms with Gasteiger partial charge in [0, 0.05) is 31.3 Å². The molecule has 3 heterocycles. The standard InChI is InChI=1S/C20H24N4O3/c1-26-17-7-3-5-14(18(17)27-2)20(25)24-10-8-15-13(12-24)11-22-19(23-15)16-6-4-9-21-16/h3,5,7,11,16,21H,4,6,8-10,12H2,1-2H3. The van der Waals surface area contributed by atoms with Crippen LogP contribution in [0, 0.1) is 0 Å². The summed E-state index contributed by atoms with van der Waals surface area (Å²) in [6.45, 7) is 2.16. The van der Waals surface area contributed by atoms with Crippen LogP contribution < -0.4 is 14.8 Å². The molecule has 1 aromatic heterocycles. The first-order valence-electron chi connectivity index (χ1n) is 9.29. The van der Waals surface area contributed by atoms with Crippen LogP contribution in [-0.2, 0) is 13.0 Å². The van der Waals surface area contributed by atoms with Gasteiger partial charge >= 0.3 is 0 Å². The lowest BCUT2D eigenvalue weighted by atomic mass is 10.0. The van der Waals surface area contributed by atoms with Gasteiger partial charge in [0.05, 0.1) is 31.5 Å². The van der Waals surface area contributed by atoms with E-state index in [9.17, 15) is 4.79 Å². The number of aromatic nitrogens is 2. The Morgan fingerprint density at radius 3 is 2.93 bits per heavy atom. The Bertz CT molecular complexity index is 849. The van der Waals surface area contributed by atoms with Crippen molar-refractivity contribution in [1.29, 1.82) is 0 Å². The van der Waals surface area contributed by atoms with Crippen LogP contribution in [-0.4, -0.2) is 48.1 Å². The molecule has 1 unspecified atom stereocenters. The summed E-state index contributed by atoms with van der Waals surface area (Å²) >= 11 is 0. The minimum atomic E-state index is -0.0714. The van der Waals surface area contributed by atoms with Gasteiger partial charge in [-0.15, -0.1) is 0 Å². The van der Waals surface area contributed by atoms with E-state index < -0.39 is 0 Å². The molecule has 7 nitrogen and oxygen atoms in total. The van der Waals surface area contributed by atoms with Gasteiger partial charge in [-0.1, -0.05) is 6.07 Å². The minimum Gasteiger partial charge on any atom is -0.493 e. The number of hydrogen-bond acceptors (Lipinski definition) is 6. The van der Waals surface area contributed by atoms with Gasteiger partial charge in [0.1, 0.15) is 5.82 Å². The highest BCUT2D eigenvalue weighted by Gasteiger charge is 2.27. The van der Waals surface area contributed by atoms with Crippen molar-refractivity contribution in [3.05, 3.63) is 47.0 Å². The highest BCUT2D eigenvalue weighted by molar-refractivity contribution is 5.98. The first-order valence-corrected chi connectivity index (χ1v) is 9.29. The van der Waals surface area contributed by atoms with Gasteiger partial charge in [-0.25, -0.2) is 9.97 Å². The lowest BCUT2D eigenvalue weighted by Gasteiger charge is -2.29. The summed E-state index contributed by atoms with van der Waals surface area (Å²) in [5.41, 5.74) is 2.57. The smallest absolute Gasteiger partial charge is 0.258 e. The van der Waals surface area contributed by atoms with Crippen molar-refractivity contribution in [2.75, 3.05) is 27.3 Å². The van der Waals surface area contributed by atoms with E-state index in [-0.39, 0.29) is 11.9 Å². The lowest BCUT2D eigenvalue weighted by Crippen LogP contribution is -2.37. The zero-order valence-electron chi connectivity index (χ0n) is 15.7. The maximum Gasteiger partial charge on any atom is 0.258 e. The van der Waals surface area contributed by atoms with Crippen LogP contribution in [0.5, 0.6) is 11.5 Å². The largest absolute Gasteiger partial charge is 0.493 e. The Balaban J connectivity index is 1.55. The maximum absolute atomic E-state index is 13.1. The molecular weight excluding hydrogens is 344 g/mol. The van der Waals surface area contributed by atoms with Crippen LogP contribution in [0.1, 0.15) is 46.3 Å². The molecule has 27 heavy (non-hydrogen) atoms. The van der Waals surface area contributed by atoms with E-state index in [1.807, 2.05) is 11.1 Å². The molecule has 1 amide bonds. The topological polar surface area (TPSA) is 76.6 Å². The molecule has 1 aromatic carbocycles. The molecule has 0 radical (unpaired) electrons. The predicted molar refractivity (Wildman–Crippen MR) is 100 cm³/mol. The molecule has 1 N–H and O–H groups in total. The zero-order valence-corrected chi connectivity index (χ0v) is 15.7. The molecule has 0 saturated carbocycles. The highest BCUT2D eigenvalue weighted by atomic mass is 16.5. The molecule has 2 aliphatic heterocycles. The van der Waals surface area contributed by atoms with E-state index in [0.717, 1.165) is 42.9 Å². The number of hydrogen-bond donors (Lipinski definition) is 1. The number of ether oxygens (including phenoxy) is 2. The van der Waals surface area contributed by atoms with E-state index in [0.29, 0.717) is 30.2 Å². The van der Waals surface area contributed by atoms with Gasteiger partial charge < -0.3 is 19.7 Å². The van der Waals surface area contributed by atoms with E-state index in [2.05, 4.69) is 10.3 Å². The molecule has 142 valence electrons. The molecule has 4 rings (SSSR count). The molecule has 2 aromatic rings. The SMILES string of the molecule is COc1cccc(C(=O)N2CCc3nc(C4CCCN4)ncc3C2)c1OC. The van der Waals surface area contributed by atoms with Gasteiger partial charge in [0.15, 0.2) is 11.5 Å². The van der Waals surface area contributed by atoms with Crippen LogP contribution >= 0.6 is 0 Å². The van der Waals surface area contributed by atoms with Gasteiger partial charge in [-0.05, 0) is 31.5 Å². The molecule has 1 atom stereocenters. The van der Waals surface area contributed by atoms with Gasteiger partial charge in [0.2, 0.25) is 0 Å². The molecule has 1 fully saturated rings. The molecule has 0 spiro atoms. The van der Waals surface area contributed by atoms with E-state index in [1.54, 1.807) is 32.4 Å². The van der Waals surface area contributed by atoms with Gasteiger partial charge in [-0.3, -0.25) is 4.79 Å². The Hall–Kier alpha value is -2.67. The van der Waals surface area contributed by atoms with Crippen molar-refractivity contribution in [2.45, 2.75) is 31.8 Å². The van der Waals surface area contributed by atoms with Crippen LogP contribution in [0.15, 0.2) is 24.4 Å². The number of methoxy groups -OCH3 is 2. The predicted octanol–water partition coefficient (Wildman–Crippen LogP) is 2.12. The number of nitrogens with one attached hydrogen (secondary N) is 1. The van der Waals surface area contributed by atoms with E-state index in [4.69, 9.17) is 14.5 Å². The summed E-state index contributed by atoms with van der Waals surface area (Å²) in [5, 5.41) is 3.44. The van der Waals surface area contributed by atoms with Gasteiger partial charge in [0.25, 0.3) is 5.91 Å². The van der Waals surface area contributed by atoms with Crippen molar-refractivity contribution in [1.82, 2.24) is 20.2 Å². The Morgan fingerprint density at radius 2 is 2.19 bits per heavy atom. The van der Waals surface area contributed by atoms with Crippen molar-refractivity contribution >= 4 is 5.91 Å². The average molecular weight is 368 g/mol. The second-order valence-electron chi connectivity index (χ2n) is 6.87. The third kappa shape index (κ3) is 3.35. The summed E-state index contributed by atoms with van der Waals surface area (Å²) < 4.78 is 10.7. The number of carbonyl (C=O) groups excluding carboxylic acids is 1. The second kappa shape index (κ2) is 7.52. The molecule has 1 saturated heterocycles. The summed E-state index contributed by atoms with van der Waals surface area (Å²) in [5.74, 6) is 1.82. The quantitative estimate of drug-likeness (QED) is 0.891. The monoisotopic (exact) mass is 368 g/mol. The van der Waals surface area contributed by atoms with Crippen molar-refractivity contribution in [3.63, 3.8) is 0 Å².